The summed E-state index contributed by atoms with van der Waals surface area (Å²) in [5, 5.41) is 6.05. The minimum absolute atomic E-state index is 0.110. The van der Waals surface area contributed by atoms with Crippen molar-refractivity contribution in [1.29, 1.82) is 0 Å². The van der Waals surface area contributed by atoms with Gasteiger partial charge in [0.15, 0.2) is 0 Å². The molecule has 1 aromatic rings. The Hall–Kier alpha value is -1.59. The van der Waals surface area contributed by atoms with E-state index >= 15 is 0 Å². The summed E-state index contributed by atoms with van der Waals surface area (Å²) in [7, 11) is 0. The second-order valence-corrected chi connectivity index (χ2v) is 4.50. The summed E-state index contributed by atoms with van der Waals surface area (Å²) < 4.78 is 11.6. The van der Waals surface area contributed by atoms with Gasteiger partial charge in [-0.3, -0.25) is 4.79 Å². The van der Waals surface area contributed by atoms with E-state index < -0.39 is 6.29 Å². The number of rotatable bonds is 2. The molecule has 2 aliphatic rings. The van der Waals surface area contributed by atoms with E-state index in [2.05, 4.69) is 10.6 Å². The molecule has 5 nitrogen and oxygen atoms in total. The minimum Gasteiger partial charge on any atom is -0.462 e. The third-order valence-corrected chi connectivity index (χ3v) is 3.18. The molecule has 1 amide bonds. The van der Waals surface area contributed by atoms with Gasteiger partial charge >= 0.3 is 0 Å². The van der Waals surface area contributed by atoms with E-state index in [0.717, 1.165) is 19.5 Å². The number of benzene rings is 1. The molecule has 2 heterocycles. The fourth-order valence-electron chi connectivity index (χ4n) is 2.25. The smallest absolute Gasteiger partial charge is 0.255 e. The van der Waals surface area contributed by atoms with Gasteiger partial charge in [0.05, 0.1) is 18.2 Å². The average molecular weight is 248 g/mol. The lowest BCUT2D eigenvalue weighted by atomic mass is 10.2. The van der Waals surface area contributed by atoms with Crippen molar-refractivity contribution >= 4 is 5.91 Å². The molecular weight excluding hydrogens is 232 g/mol. The zero-order valence-corrected chi connectivity index (χ0v) is 10.0. The first-order chi connectivity index (χ1) is 8.83. The van der Waals surface area contributed by atoms with Gasteiger partial charge in [0, 0.05) is 6.54 Å². The predicted molar refractivity (Wildman–Crippen MR) is 65.6 cm³/mol. The second kappa shape index (κ2) is 4.96. The van der Waals surface area contributed by atoms with Crippen LogP contribution in [0.5, 0.6) is 5.75 Å². The second-order valence-electron chi connectivity index (χ2n) is 4.50. The van der Waals surface area contributed by atoms with Crippen LogP contribution in [-0.4, -0.2) is 37.9 Å². The topological polar surface area (TPSA) is 59.6 Å². The van der Waals surface area contributed by atoms with Crippen molar-refractivity contribution < 1.29 is 14.3 Å². The van der Waals surface area contributed by atoms with Crippen molar-refractivity contribution in [2.75, 3.05) is 19.6 Å². The van der Waals surface area contributed by atoms with Crippen LogP contribution in [0.15, 0.2) is 24.3 Å². The summed E-state index contributed by atoms with van der Waals surface area (Å²) >= 11 is 0. The molecule has 96 valence electrons. The first kappa shape index (κ1) is 11.5. The third-order valence-electron chi connectivity index (χ3n) is 3.18. The van der Waals surface area contributed by atoms with Crippen LogP contribution < -0.4 is 15.4 Å². The molecule has 18 heavy (non-hydrogen) atoms. The van der Waals surface area contributed by atoms with Crippen molar-refractivity contribution in [3.8, 4) is 5.75 Å². The molecule has 0 bridgehead atoms. The zero-order chi connectivity index (χ0) is 12.4. The number of amides is 1. The van der Waals surface area contributed by atoms with Crippen molar-refractivity contribution in [2.45, 2.75) is 18.8 Å². The molecular formula is C13H16N2O3. The molecule has 1 unspecified atom stereocenters. The molecule has 1 fully saturated rings. The van der Waals surface area contributed by atoms with E-state index in [1.165, 1.54) is 0 Å². The third kappa shape index (κ3) is 2.32. The molecule has 3 rings (SSSR count). The average Bonchev–Trinajstić information content (AvgIpc) is 2.83. The van der Waals surface area contributed by atoms with Crippen molar-refractivity contribution in [1.82, 2.24) is 10.6 Å². The normalized spacial score (nSPS) is 27.0. The van der Waals surface area contributed by atoms with Crippen molar-refractivity contribution in [3.63, 3.8) is 0 Å². The van der Waals surface area contributed by atoms with Crippen LogP contribution in [-0.2, 0) is 4.74 Å². The fourth-order valence-corrected chi connectivity index (χ4v) is 2.25. The number of hydrogen-bond acceptors (Lipinski definition) is 4. The zero-order valence-electron chi connectivity index (χ0n) is 10.0. The Morgan fingerprint density at radius 2 is 2.17 bits per heavy atom. The highest BCUT2D eigenvalue weighted by molar-refractivity contribution is 5.97. The molecule has 0 spiro atoms. The van der Waals surface area contributed by atoms with Gasteiger partial charge in [-0.05, 0) is 25.1 Å². The molecule has 2 atom stereocenters. The highest BCUT2D eigenvalue weighted by Gasteiger charge is 2.26. The SMILES string of the molecule is O=C1NCC(O[C@H]2CCNC2)Oc2ccccc21. The number of nitrogens with one attached hydrogen (secondary N) is 2. The summed E-state index contributed by atoms with van der Waals surface area (Å²) in [6.45, 7) is 2.19. The standard InChI is InChI=1S/C13H16N2O3/c16-13-10-3-1-2-4-11(10)18-12(8-15-13)17-9-5-6-14-7-9/h1-4,9,12,14H,5-8H2,(H,15,16)/t9-,12?/m0/s1. The molecule has 1 saturated heterocycles. The maximum absolute atomic E-state index is 11.8. The number of carbonyl (C=O) groups excluding carboxylic acids is 1. The minimum atomic E-state index is -0.414. The maximum Gasteiger partial charge on any atom is 0.255 e. The molecule has 5 heteroatoms. The summed E-state index contributed by atoms with van der Waals surface area (Å²) in [5.74, 6) is 0.477. The highest BCUT2D eigenvalue weighted by Crippen LogP contribution is 2.22. The molecule has 0 aliphatic carbocycles. The van der Waals surface area contributed by atoms with Crippen LogP contribution >= 0.6 is 0 Å². The van der Waals surface area contributed by atoms with Gasteiger partial charge in [-0.1, -0.05) is 12.1 Å². The van der Waals surface area contributed by atoms with E-state index in [1.54, 1.807) is 12.1 Å². The molecule has 0 aromatic heterocycles. The molecule has 2 aliphatic heterocycles. The Kier molecular flexibility index (Phi) is 3.17. The Bertz CT molecular complexity index is 444. The fraction of sp³-hybridized carbons (Fsp3) is 0.462. The van der Waals surface area contributed by atoms with Crippen LogP contribution in [0, 0.1) is 0 Å². The van der Waals surface area contributed by atoms with Gasteiger partial charge in [-0.15, -0.1) is 0 Å². The molecule has 1 aromatic carbocycles. The molecule has 0 radical (unpaired) electrons. The highest BCUT2D eigenvalue weighted by atomic mass is 16.7. The summed E-state index contributed by atoms with van der Waals surface area (Å²) in [4.78, 5) is 11.8. The lowest BCUT2D eigenvalue weighted by Crippen LogP contribution is -2.37. The van der Waals surface area contributed by atoms with Crippen LogP contribution in [0.3, 0.4) is 0 Å². The van der Waals surface area contributed by atoms with Crippen LogP contribution in [0.2, 0.25) is 0 Å². The largest absolute Gasteiger partial charge is 0.462 e. The number of hydrogen-bond donors (Lipinski definition) is 2. The Labute approximate surface area is 105 Å². The van der Waals surface area contributed by atoms with Gasteiger partial charge in [0.2, 0.25) is 6.29 Å². The van der Waals surface area contributed by atoms with Gasteiger partial charge in [-0.2, -0.15) is 0 Å². The maximum atomic E-state index is 11.8. The van der Waals surface area contributed by atoms with E-state index in [1.807, 2.05) is 12.1 Å². The van der Waals surface area contributed by atoms with Gasteiger partial charge in [0.25, 0.3) is 5.91 Å². The quantitative estimate of drug-likeness (QED) is 0.801. The Morgan fingerprint density at radius 1 is 1.28 bits per heavy atom. The number of ether oxygens (including phenoxy) is 2. The number of fused-ring (bicyclic) bond motifs is 1. The van der Waals surface area contributed by atoms with E-state index in [4.69, 9.17) is 9.47 Å². The summed E-state index contributed by atoms with van der Waals surface area (Å²) in [6.07, 6.45) is 0.731. The van der Waals surface area contributed by atoms with Gasteiger partial charge < -0.3 is 20.1 Å². The lowest BCUT2D eigenvalue weighted by Gasteiger charge is -2.21. The number of para-hydroxylation sites is 1. The monoisotopic (exact) mass is 248 g/mol. The summed E-state index contributed by atoms with van der Waals surface area (Å²) in [5.41, 5.74) is 0.563. The van der Waals surface area contributed by atoms with Crippen LogP contribution in [0.1, 0.15) is 16.8 Å². The van der Waals surface area contributed by atoms with E-state index in [9.17, 15) is 4.79 Å². The molecule has 2 N–H and O–H groups in total. The van der Waals surface area contributed by atoms with Crippen LogP contribution in [0.25, 0.3) is 0 Å². The lowest BCUT2D eigenvalue weighted by molar-refractivity contribution is -0.107. The summed E-state index contributed by atoms with van der Waals surface area (Å²) in [6, 6.07) is 7.23. The van der Waals surface area contributed by atoms with Crippen molar-refractivity contribution in [3.05, 3.63) is 29.8 Å². The first-order valence-electron chi connectivity index (χ1n) is 6.23. The van der Waals surface area contributed by atoms with Crippen LogP contribution in [0.4, 0.5) is 0 Å². The van der Waals surface area contributed by atoms with E-state index in [0.29, 0.717) is 17.9 Å². The predicted octanol–water partition coefficient (Wildman–Crippen LogP) is 0.513. The molecule has 0 saturated carbocycles. The Morgan fingerprint density at radius 3 is 3.00 bits per heavy atom. The first-order valence-corrected chi connectivity index (χ1v) is 6.23. The van der Waals surface area contributed by atoms with Gasteiger partial charge in [-0.25, -0.2) is 0 Å². The van der Waals surface area contributed by atoms with Crippen molar-refractivity contribution in [2.24, 2.45) is 0 Å². The Balaban J connectivity index is 1.74. The van der Waals surface area contributed by atoms with Gasteiger partial charge in [0.1, 0.15) is 5.75 Å². The van der Waals surface area contributed by atoms with E-state index in [-0.39, 0.29) is 12.0 Å². The number of carbonyl (C=O) groups is 1.